The van der Waals surface area contributed by atoms with Gasteiger partial charge in [-0.25, -0.2) is 14.6 Å². The number of fused-ring (bicyclic) bond motifs is 1. The van der Waals surface area contributed by atoms with Crippen LogP contribution in [0.25, 0.3) is 5.82 Å². The molecule has 2 N–H and O–H groups in total. The fourth-order valence-corrected chi connectivity index (χ4v) is 2.59. The molecule has 0 aromatic carbocycles. The molecule has 0 radical (unpaired) electrons. The molecule has 1 aliphatic rings. The quantitative estimate of drug-likeness (QED) is 0.826. The van der Waals surface area contributed by atoms with Crippen molar-refractivity contribution >= 4 is 0 Å². The van der Waals surface area contributed by atoms with Gasteiger partial charge in [-0.1, -0.05) is 0 Å². The third-order valence-electron chi connectivity index (χ3n) is 3.40. The maximum atomic E-state index is 6.11. The fraction of sp³-hybridized carbons (Fsp3) is 0.462. The Morgan fingerprint density at radius 1 is 1.33 bits per heavy atom. The SMILES string of the molecule is Cc1cc(-n2ncc3c2CCCC3N)nc(C)n1. The first-order valence-electron chi connectivity index (χ1n) is 6.30. The normalized spacial score (nSPS) is 18.7. The van der Waals surface area contributed by atoms with Gasteiger partial charge in [0.2, 0.25) is 0 Å². The smallest absolute Gasteiger partial charge is 0.157 e. The predicted molar refractivity (Wildman–Crippen MR) is 68.5 cm³/mol. The van der Waals surface area contributed by atoms with Gasteiger partial charge in [0.25, 0.3) is 0 Å². The molecule has 0 bridgehead atoms. The van der Waals surface area contributed by atoms with Gasteiger partial charge in [-0.3, -0.25) is 0 Å². The van der Waals surface area contributed by atoms with E-state index in [4.69, 9.17) is 5.73 Å². The number of aryl methyl sites for hydroxylation is 2. The topological polar surface area (TPSA) is 69.6 Å². The molecule has 0 aliphatic heterocycles. The van der Waals surface area contributed by atoms with E-state index < -0.39 is 0 Å². The fourth-order valence-electron chi connectivity index (χ4n) is 2.59. The summed E-state index contributed by atoms with van der Waals surface area (Å²) in [6, 6.07) is 2.08. The van der Waals surface area contributed by atoms with Gasteiger partial charge in [0.15, 0.2) is 5.82 Å². The largest absolute Gasteiger partial charge is 0.324 e. The van der Waals surface area contributed by atoms with Crippen molar-refractivity contribution < 1.29 is 0 Å². The molecule has 0 spiro atoms. The van der Waals surface area contributed by atoms with Crippen molar-refractivity contribution in [1.82, 2.24) is 19.7 Å². The zero-order valence-electron chi connectivity index (χ0n) is 10.7. The maximum Gasteiger partial charge on any atom is 0.157 e. The van der Waals surface area contributed by atoms with Crippen LogP contribution < -0.4 is 5.73 Å². The summed E-state index contributed by atoms with van der Waals surface area (Å²) in [5, 5.41) is 4.45. The van der Waals surface area contributed by atoms with E-state index in [1.165, 1.54) is 5.69 Å². The zero-order chi connectivity index (χ0) is 12.7. The lowest BCUT2D eigenvalue weighted by molar-refractivity contribution is 0.556. The molecule has 18 heavy (non-hydrogen) atoms. The first-order chi connectivity index (χ1) is 8.65. The Kier molecular flexibility index (Phi) is 2.63. The molecule has 94 valence electrons. The number of hydrogen-bond acceptors (Lipinski definition) is 4. The van der Waals surface area contributed by atoms with Crippen LogP contribution in [0.3, 0.4) is 0 Å². The van der Waals surface area contributed by atoms with E-state index in [1.807, 2.05) is 30.8 Å². The minimum Gasteiger partial charge on any atom is -0.324 e. The third-order valence-corrected chi connectivity index (χ3v) is 3.40. The van der Waals surface area contributed by atoms with Gasteiger partial charge in [-0.15, -0.1) is 0 Å². The Balaban J connectivity index is 2.12. The van der Waals surface area contributed by atoms with Crippen molar-refractivity contribution in [2.45, 2.75) is 39.2 Å². The molecule has 1 aliphatic carbocycles. The van der Waals surface area contributed by atoms with Crippen LogP contribution in [-0.2, 0) is 6.42 Å². The molecular weight excluding hydrogens is 226 g/mol. The lowest BCUT2D eigenvalue weighted by atomic mass is 9.94. The van der Waals surface area contributed by atoms with E-state index in [1.54, 1.807) is 0 Å². The average molecular weight is 243 g/mol. The number of nitrogens with zero attached hydrogens (tertiary/aromatic N) is 4. The number of nitrogens with two attached hydrogens (primary N) is 1. The lowest BCUT2D eigenvalue weighted by Gasteiger charge is -2.19. The summed E-state index contributed by atoms with van der Waals surface area (Å²) >= 11 is 0. The minimum absolute atomic E-state index is 0.117. The highest BCUT2D eigenvalue weighted by atomic mass is 15.3. The van der Waals surface area contributed by atoms with Crippen LogP contribution in [0, 0.1) is 13.8 Å². The highest BCUT2D eigenvalue weighted by Gasteiger charge is 2.22. The van der Waals surface area contributed by atoms with Gasteiger partial charge in [0.05, 0.1) is 11.9 Å². The second-order valence-corrected chi connectivity index (χ2v) is 4.87. The summed E-state index contributed by atoms with van der Waals surface area (Å²) in [7, 11) is 0. The molecular formula is C13H17N5. The highest BCUT2D eigenvalue weighted by Crippen LogP contribution is 2.28. The van der Waals surface area contributed by atoms with Crippen LogP contribution >= 0.6 is 0 Å². The first kappa shape index (κ1) is 11.3. The summed E-state index contributed by atoms with van der Waals surface area (Å²) in [6.45, 7) is 3.87. The first-order valence-corrected chi connectivity index (χ1v) is 6.30. The van der Waals surface area contributed by atoms with E-state index in [9.17, 15) is 0 Å². The van der Waals surface area contributed by atoms with Gasteiger partial charge in [-0.05, 0) is 33.1 Å². The minimum atomic E-state index is 0.117. The monoisotopic (exact) mass is 243 g/mol. The zero-order valence-corrected chi connectivity index (χ0v) is 10.7. The Hall–Kier alpha value is -1.75. The van der Waals surface area contributed by atoms with E-state index in [-0.39, 0.29) is 6.04 Å². The molecule has 5 nitrogen and oxygen atoms in total. The Bertz CT molecular complexity index is 567. The summed E-state index contributed by atoms with van der Waals surface area (Å²) in [5.74, 6) is 1.62. The molecule has 0 amide bonds. The molecule has 0 fully saturated rings. The van der Waals surface area contributed by atoms with Crippen molar-refractivity contribution in [2.24, 2.45) is 5.73 Å². The predicted octanol–water partition coefficient (Wildman–Crippen LogP) is 1.62. The molecule has 2 aromatic heterocycles. The van der Waals surface area contributed by atoms with Crippen molar-refractivity contribution in [2.75, 3.05) is 0 Å². The summed E-state index contributed by atoms with van der Waals surface area (Å²) in [6.07, 6.45) is 5.06. The van der Waals surface area contributed by atoms with Gasteiger partial charge >= 0.3 is 0 Å². The van der Waals surface area contributed by atoms with Crippen molar-refractivity contribution in [3.8, 4) is 5.82 Å². The second-order valence-electron chi connectivity index (χ2n) is 4.87. The molecule has 0 saturated carbocycles. The van der Waals surface area contributed by atoms with Crippen LogP contribution in [0.5, 0.6) is 0 Å². The number of hydrogen-bond donors (Lipinski definition) is 1. The summed E-state index contributed by atoms with van der Waals surface area (Å²) in [5.41, 5.74) is 9.43. The van der Waals surface area contributed by atoms with Crippen molar-refractivity contribution in [1.29, 1.82) is 0 Å². The highest BCUT2D eigenvalue weighted by molar-refractivity contribution is 5.33. The lowest BCUT2D eigenvalue weighted by Crippen LogP contribution is -2.18. The van der Waals surface area contributed by atoms with Crippen LogP contribution in [0.4, 0.5) is 0 Å². The van der Waals surface area contributed by atoms with Gasteiger partial charge in [0.1, 0.15) is 5.82 Å². The molecule has 0 saturated heterocycles. The second kappa shape index (κ2) is 4.17. The van der Waals surface area contributed by atoms with E-state index in [0.29, 0.717) is 0 Å². The van der Waals surface area contributed by atoms with Gasteiger partial charge in [-0.2, -0.15) is 5.10 Å². The summed E-state index contributed by atoms with van der Waals surface area (Å²) in [4.78, 5) is 8.75. The average Bonchev–Trinajstić information content (AvgIpc) is 2.73. The standard InChI is InChI=1S/C13H17N5/c1-8-6-13(17-9(2)16-8)18-12-5-3-4-11(14)10(12)7-15-18/h6-7,11H,3-5,14H2,1-2H3. The van der Waals surface area contributed by atoms with Crippen LogP contribution in [-0.4, -0.2) is 19.7 Å². The maximum absolute atomic E-state index is 6.11. The Morgan fingerprint density at radius 3 is 2.94 bits per heavy atom. The molecule has 3 rings (SSSR count). The van der Waals surface area contributed by atoms with Crippen LogP contribution in [0.1, 0.15) is 41.7 Å². The van der Waals surface area contributed by atoms with E-state index in [2.05, 4.69) is 15.1 Å². The molecule has 5 heteroatoms. The van der Waals surface area contributed by atoms with Gasteiger partial charge in [0, 0.05) is 23.4 Å². The molecule has 1 unspecified atom stereocenters. The van der Waals surface area contributed by atoms with Gasteiger partial charge < -0.3 is 5.73 Å². The number of aromatic nitrogens is 4. The Morgan fingerprint density at radius 2 is 2.17 bits per heavy atom. The molecule has 2 heterocycles. The number of rotatable bonds is 1. The summed E-state index contributed by atoms with van der Waals surface area (Å²) < 4.78 is 1.91. The third kappa shape index (κ3) is 1.80. The van der Waals surface area contributed by atoms with E-state index in [0.717, 1.165) is 42.2 Å². The van der Waals surface area contributed by atoms with E-state index >= 15 is 0 Å². The van der Waals surface area contributed by atoms with Crippen molar-refractivity contribution in [3.05, 3.63) is 35.0 Å². The van der Waals surface area contributed by atoms with Crippen LogP contribution in [0.2, 0.25) is 0 Å². The van der Waals surface area contributed by atoms with Crippen molar-refractivity contribution in [3.63, 3.8) is 0 Å². The molecule has 1 atom stereocenters. The Labute approximate surface area is 106 Å². The molecule has 2 aromatic rings. The van der Waals surface area contributed by atoms with Crippen LogP contribution in [0.15, 0.2) is 12.3 Å².